The molecule has 0 radical (unpaired) electrons. The van der Waals surface area contributed by atoms with Crippen molar-refractivity contribution in [1.29, 1.82) is 0 Å². The lowest BCUT2D eigenvalue weighted by Crippen LogP contribution is -2.15. The third-order valence-electron chi connectivity index (χ3n) is 4.80. The Balaban J connectivity index is 1.77. The van der Waals surface area contributed by atoms with Gasteiger partial charge in [0, 0.05) is 19.6 Å². The van der Waals surface area contributed by atoms with E-state index in [1.807, 2.05) is 35.8 Å². The molecule has 0 atom stereocenters. The quantitative estimate of drug-likeness (QED) is 0.397. The highest BCUT2D eigenvalue weighted by Crippen LogP contribution is 2.28. The average molecular weight is 432 g/mol. The van der Waals surface area contributed by atoms with E-state index in [0.717, 1.165) is 11.2 Å². The number of anilines is 1. The molecule has 0 saturated carbocycles. The van der Waals surface area contributed by atoms with Gasteiger partial charge in [-0.1, -0.05) is 36.3 Å². The van der Waals surface area contributed by atoms with Crippen molar-refractivity contribution in [3.05, 3.63) is 53.3 Å². The molecule has 3 aromatic heterocycles. The van der Waals surface area contributed by atoms with Crippen LogP contribution in [-0.2, 0) is 19.6 Å². The van der Waals surface area contributed by atoms with Crippen molar-refractivity contribution in [3.63, 3.8) is 0 Å². The summed E-state index contributed by atoms with van der Waals surface area (Å²) in [6, 6.07) is 12.1. The van der Waals surface area contributed by atoms with Crippen molar-refractivity contribution in [2.45, 2.75) is 46.0 Å². The van der Waals surface area contributed by atoms with Crippen molar-refractivity contribution in [1.82, 2.24) is 30.2 Å². The number of benzene rings is 1. The predicted octanol–water partition coefficient (Wildman–Crippen LogP) is 2.50. The number of aromatic nitrogens is 5. The van der Waals surface area contributed by atoms with Crippen LogP contribution in [0.4, 0.5) is 5.82 Å². The van der Waals surface area contributed by atoms with Gasteiger partial charge in [0.05, 0.1) is 11.2 Å². The topological polar surface area (TPSA) is 128 Å². The molecule has 32 heavy (non-hydrogen) atoms. The number of hydrogen-bond acceptors (Lipinski definition) is 8. The molecule has 9 heteroatoms. The summed E-state index contributed by atoms with van der Waals surface area (Å²) >= 11 is 0. The fourth-order valence-corrected chi connectivity index (χ4v) is 3.34. The number of rotatable bonds is 6. The summed E-state index contributed by atoms with van der Waals surface area (Å²) < 4.78 is 6.75. The molecule has 0 aliphatic rings. The smallest absolute Gasteiger partial charge is 0.199 e. The van der Waals surface area contributed by atoms with Crippen LogP contribution in [0, 0.1) is 11.8 Å². The number of hydrogen-bond donors (Lipinski definition) is 3. The maximum Gasteiger partial charge on any atom is 0.199 e. The fraction of sp³-hybridized carbons (Fsp3) is 0.304. The second-order valence-electron chi connectivity index (χ2n) is 7.91. The second-order valence-corrected chi connectivity index (χ2v) is 7.91. The summed E-state index contributed by atoms with van der Waals surface area (Å²) in [4.78, 5) is 9.42. The summed E-state index contributed by atoms with van der Waals surface area (Å²) in [5.41, 5.74) is 9.04. The SMILES string of the molecule is CCn1c(-c2nonc2N)nc2c(C#CC(C)(C)O)nc(CNCc3ccccc3)cc21. The zero-order valence-electron chi connectivity index (χ0n) is 18.3. The maximum atomic E-state index is 10.1. The van der Waals surface area contributed by atoms with Gasteiger partial charge in [-0.05, 0) is 48.6 Å². The highest BCUT2D eigenvalue weighted by atomic mass is 16.6. The lowest BCUT2D eigenvalue weighted by molar-refractivity contribution is 0.143. The molecule has 164 valence electrons. The van der Waals surface area contributed by atoms with E-state index in [9.17, 15) is 5.11 Å². The minimum Gasteiger partial charge on any atom is -0.379 e. The average Bonchev–Trinajstić information content (AvgIpc) is 3.35. The van der Waals surface area contributed by atoms with Crippen molar-refractivity contribution in [2.75, 3.05) is 5.73 Å². The molecular formula is C23H25N7O2. The lowest BCUT2D eigenvalue weighted by Gasteiger charge is -2.09. The maximum absolute atomic E-state index is 10.1. The second kappa shape index (κ2) is 8.78. The molecule has 0 amide bonds. The molecule has 4 rings (SSSR count). The molecule has 0 aliphatic carbocycles. The molecule has 9 nitrogen and oxygen atoms in total. The van der Waals surface area contributed by atoms with Crippen LogP contribution in [0.25, 0.3) is 22.6 Å². The van der Waals surface area contributed by atoms with E-state index in [2.05, 4.69) is 39.6 Å². The zero-order chi connectivity index (χ0) is 22.7. The van der Waals surface area contributed by atoms with Crippen LogP contribution in [0.15, 0.2) is 41.0 Å². The van der Waals surface area contributed by atoms with E-state index in [-0.39, 0.29) is 5.82 Å². The predicted molar refractivity (Wildman–Crippen MR) is 121 cm³/mol. The van der Waals surface area contributed by atoms with Crippen LogP contribution >= 0.6 is 0 Å². The number of nitrogens with two attached hydrogens (primary N) is 1. The van der Waals surface area contributed by atoms with Gasteiger partial charge in [-0.15, -0.1) is 0 Å². The summed E-state index contributed by atoms with van der Waals surface area (Å²) in [5.74, 6) is 6.52. The lowest BCUT2D eigenvalue weighted by atomic mass is 10.1. The van der Waals surface area contributed by atoms with Crippen LogP contribution in [0.2, 0.25) is 0 Å². The van der Waals surface area contributed by atoms with Gasteiger partial charge in [0.2, 0.25) is 0 Å². The van der Waals surface area contributed by atoms with Crippen LogP contribution < -0.4 is 11.1 Å². The van der Waals surface area contributed by atoms with E-state index < -0.39 is 5.60 Å². The molecule has 0 bridgehead atoms. The summed E-state index contributed by atoms with van der Waals surface area (Å²) in [6.45, 7) is 7.13. The van der Waals surface area contributed by atoms with Crippen LogP contribution in [0.5, 0.6) is 0 Å². The van der Waals surface area contributed by atoms with Crippen LogP contribution in [0.1, 0.15) is 37.7 Å². The first kappa shape index (κ1) is 21.5. The van der Waals surface area contributed by atoms with Gasteiger partial charge < -0.3 is 20.7 Å². The Morgan fingerprint density at radius 2 is 1.94 bits per heavy atom. The van der Waals surface area contributed by atoms with Gasteiger partial charge >= 0.3 is 0 Å². The third-order valence-corrected chi connectivity index (χ3v) is 4.80. The molecule has 3 heterocycles. The molecule has 0 spiro atoms. The zero-order valence-corrected chi connectivity index (χ0v) is 18.3. The Morgan fingerprint density at radius 1 is 1.16 bits per heavy atom. The minimum absolute atomic E-state index is 0.164. The first-order valence-electron chi connectivity index (χ1n) is 10.3. The van der Waals surface area contributed by atoms with E-state index in [4.69, 9.17) is 20.3 Å². The number of nitrogen functional groups attached to an aromatic ring is 1. The first-order valence-corrected chi connectivity index (χ1v) is 10.3. The molecular weight excluding hydrogens is 406 g/mol. The normalized spacial score (nSPS) is 11.5. The largest absolute Gasteiger partial charge is 0.379 e. The van der Waals surface area contributed by atoms with Crippen molar-refractivity contribution < 1.29 is 9.74 Å². The molecule has 0 fully saturated rings. The van der Waals surface area contributed by atoms with E-state index >= 15 is 0 Å². The molecule has 0 aliphatic heterocycles. The number of pyridine rings is 1. The molecule has 0 unspecified atom stereocenters. The number of imidazole rings is 1. The third kappa shape index (κ3) is 4.61. The van der Waals surface area contributed by atoms with E-state index in [0.29, 0.717) is 42.4 Å². The van der Waals surface area contributed by atoms with Gasteiger partial charge in [0.25, 0.3) is 0 Å². The van der Waals surface area contributed by atoms with Crippen molar-refractivity contribution >= 4 is 16.9 Å². The number of fused-ring (bicyclic) bond motifs is 1. The van der Waals surface area contributed by atoms with Crippen molar-refractivity contribution in [3.8, 4) is 23.4 Å². The van der Waals surface area contributed by atoms with Gasteiger partial charge in [0.15, 0.2) is 17.3 Å². The Kier molecular flexibility index (Phi) is 5.90. The highest BCUT2D eigenvalue weighted by Gasteiger charge is 2.21. The van der Waals surface area contributed by atoms with Gasteiger partial charge in [-0.2, -0.15) is 0 Å². The monoisotopic (exact) mass is 431 g/mol. The summed E-state index contributed by atoms with van der Waals surface area (Å²) in [6.07, 6.45) is 0. The number of aryl methyl sites for hydroxylation is 1. The molecule has 4 N–H and O–H groups in total. The number of aliphatic hydroxyl groups is 1. The van der Waals surface area contributed by atoms with Gasteiger partial charge in [-0.25, -0.2) is 14.6 Å². The van der Waals surface area contributed by atoms with Gasteiger partial charge in [0.1, 0.15) is 16.8 Å². The molecule has 4 aromatic rings. The van der Waals surface area contributed by atoms with Crippen LogP contribution in [0.3, 0.4) is 0 Å². The first-order chi connectivity index (χ1) is 15.4. The minimum atomic E-state index is -1.16. The Hall–Kier alpha value is -3.74. The molecule has 0 saturated heterocycles. The molecule has 1 aromatic carbocycles. The Morgan fingerprint density at radius 3 is 2.59 bits per heavy atom. The van der Waals surface area contributed by atoms with Crippen molar-refractivity contribution in [2.24, 2.45) is 0 Å². The number of nitrogens with zero attached hydrogens (tertiary/aromatic N) is 5. The Bertz CT molecular complexity index is 1290. The summed E-state index contributed by atoms with van der Waals surface area (Å²) in [7, 11) is 0. The number of nitrogens with one attached hydrogen (secondary N) is 1. The standard InChI is InChI=1S/C23H25N7O2/c1-4-30-18-12-16(14-25-13-15-8-6-5-7-9-15)26-17(10-11-23(2,3)31)19(18)27-22(30)20-21(24)29-32-28-20/h5-9,12,25,31H,4,13-14H2,1-3H3,(H2,24,29). The van der Waals surface area contributed by atoms with E-state index in [1.54, 1.807) is 13.8 Å². The highest BCUT2D eigenvalue weighted by molar-refractivity contribution is 5.85. The van der Waals surface area contributed by atoms with E-state index in [1.165, 1.54) is 5.56 Å². The summed E-state index contributed by atoms with van der Waals surface area (Å²) in [5, 5.41) is 21.1. The Labute approximate surface area is 185 Å². The van der Waals surface area contributed by atoms with Gasteiger partial charge in [-0.3, -0.25) is 0 Å². The van der Waals surface area contributed by atoms with Crippen LogP contribution in [-0.4, -0.2) is 35.6 Å². The fourth-order valence-electron chi connectivity index (χ4n) is 3.34.